The fourth-order valence-corrected chi connectivity index (χ4v) is 4.27. The first-order valence-corrected chi connectivity index (χ1v) is 11.5. The molecule has 3 aromatic carbocycles. The van der Waals surface area contributed by atoms with E-state index in [4.69, 9.17) is 16.3 Å². The number of halogens is 5. The molecule has 4 rings (SSSR count). The number of nitrogens with one attached hydrogen (secondary N) is 1. The molecule has 1 atom stereocenters. The van der Waals surface area contributed by atoms with E-state index in [-0.39, 0.29) is 18.5 Å². The van der Waals surface area contributed by atoms with E-state index >= 15 is 0 Å². The van der Waals surface area contributed by atoms with E-state index in [1.807, 2.05) is 48.5 Å². The quantitative estimate of drug-likeness (QED) is 0.253. The Morgan fingerprint density at radius 2 is 1.58 bits per heavy atom. The van der Waals surface area contributed by atoms with Gasteiger partial charge in [0, 0.05) is 19.2 Å². The number of rotatable bonds is 8. The van der Waals surface area contributed by atoms with Crippen molar-refractivity contribution < 1.29 is 22.3 Å². The van der Waals surface area contributed by atoms with E-state index in [1.54, 1.807) is 25.3 Å². The molecule has 3 nitrogen and oxygen atoms in total. The Morgan fingerprint density at radius 1 is 0.861 bits per heavy atom. The van der Waals surface area contributed by atoms with Crippen molar-refractivity contribution in [1.29, 1.82) is 0 Å². The number of hydrogen-bond donors (Lipinski definition) is 1. The molecule has 0 saturated heterocycles. The summed E-state index contributed by atoms with van der Waals surface area (Å²) in [4.78, 5) is 4.47. The molecular weight excluding hydrogens is 492 g/mol. The second-order valence-corrected chi connectivity index (χ2v) is 8.80. The fraction of sp³-hybridized carbons (Fsp3) is 0.179. The Morgan fingerprint density at radius 3 is 2.25 bits per heavy atom. The van der Waals surface area contributed by atoms with E-state index in [2.05, 4.69) is 10.3 Å². The van der Waals surface area contributed by atoms with Crippen LogP contribution in [-0.4, -0.2) is 12.1 Å². The summed E-state index contributed by atoms with van der Waals surface area (Å²) in [5.41, 5.74) is -0.254. The van der Waals surface area contributed by atoms with Crippen molar-refractivity contribution in [2.24, 2.45) is 0 Å². The van der Waals surface area contributed by atoms with Crippen molar-refractivity contribution in [3.05, 3.63) is 130 Å². The second-order valence-electron chi connectivity index (χ2n) is 8.36. The summed E-state index contributed by atoms with van der Waals surface area (Å²) in [6, 6.07) is 22.4. The molecule has 0 aliphatic carbocycles. The number of methoxy groups -OCH3 is 1. The lowest BCUT2D eigenvalue weighted by molar-refractivity contribution is -0.137. The van der Waals surface area contributed by atoms with Gasteiger partial charge in [-0.15, -0.1) is 0 Å². The lowest BCUT2D eigenvalue weighted by Gasteiger charge is -2.36. The first-order valence-electron chi connectivity index (χ1n) is 11.1. The van der Waals surface area contributed by atoms with Crippen molar-refractivity contribution in [1.82, 2.24) is 10.3 Å². The Balaban J connectivity index is 1.92. The Bertz CT molecular complexity index is 1310. The highest BCUT2D eigenvalue weighted by Gasteiger charge is 2.39. The highest BCUT2D eigenvalue weighted by molar-refractivity contribution is 6.30. The molecule has 0 aliphatic heterocycles. The van der Waals surface area contributed by atoms with E-state index in [1.165, 1.54) is 6.20 Å². The van der Waals surface area contributed by atoms with Gasteiger partial charge >= 0.3 is 6.18 Å². The zero-order valence-electron chi connectivity index (χ0n) is 19.3. The minimum Gasteiger partial charge on any atom is -0.497 e. The van der Waals surface area contributed by atoms with E-state index in [9.17, 15) is 17.6 Å². The molecule has 1 unspecified atom stereocenters. The smallest absolute Gasteiger partial charge is 0.416 e. The Kier molecular flexibility index (Phi) is 7.62. The molecule has 0 spiro atoms. The zero-order chi connectivity index (χ0) is 25.8. The van der Waals surface area contributed by atoms with Crippen molar-refractivity contribution >= 4 is 11.6 Å². The van der Waals surface area contributed by atoms with Gasteiger partial charge in [0.1, 0.15) is 11.6 Å². The first kappa shape index (κ1) is 25.7. The lowest BCUT2D eigenvalue weighted by Crippen LogP contribution is -2.46. The van der Waals surface area contributed by atoms with Gasteiger partial charge in [-0.3, -0.25) is 10.3 Å². The predicted molar refractivity (Wildman–Crippen MR) is 131 cm³/mol. The third kappa shape index (κ3) is 5.86. The number of ether oxygens (including phenoxy) is 1. The molecule has 0 bridgehead atoms. The van der Waals surface area contributed by atoms with Crippen LogP contribution in [0.4, 0.5) is 17.6 Å². The van der Waals surface area contributed by atoms with Crippen LogP contribution in [-0.2, 0) is 24.7 Å². The second kappa shape index (κ2) is 10.7. The number of aromatic nitrogens is 1. The van der Waals surface area contributed by atoms with Gasteiger partial charge in [-0.1, -0.05) is 54.1 Å². The number of benzene rings is 3. The highest BCUT2D eigenvalue weighted by atomic mass is 35.5. The van der Waals surface area contributed by atoms with Crippen molar-refractivity contribution in [2.75, 3.05) is 7.11 Å². The minimum absolute atomic E-state index is 0.0939. The van der Waals surface area contributed by atoms with Gasteiger partial charge in [-0.05, 0) is 59.2 Å². The average molecular weight is 515 g/mol. The SMILES string of the molecule is COc1cccc(CNC(Cc2ccccc2)(c2cc(F)cc(C(F)(F)F)c2)c2ccc(Cl)cn2)c1. The summed E-state index contributed by atoms with van der Waals surface area (Å²) in [6.07, 6.45) is -3.10. The first-order chi connectivity index (χ1) is 17.2. The number of nitrogens with zero attached hydrogens (tertiary/aromatic N) is 1. The molecule has 36 heavy (non-hydrogen) atoms. The molecule has 1 N–H and O–H groups in total. The monoisotopic (exact) mass is 514 g/mol. The fourth-order valence-electron chi connectivity index (χ4n) is 4.16. The van der Waals surface area contributed by atoms with Crippen LogP contribution < -0.4 is 10.1 Å². The van der Waals surface area contributed by atoms with E-state index < -0.39 is 23.1 Å². The molecule has 1 heterocycles. The van der Waals surface area contributed by atoms with Crippen molar-refractivity contribution in [3.8, 4) is 5.75 Å². The maximum atomic E-state index is 14.7. The number of hydrogen-bond acceptors (Lipinski definition) is 3. The number of alkyl halides is 3. The molecule has 1 aromatic heterocycles. The molecule has 0 fully saturated rings. The minimum atomic E-state index is -4.73. The van der Waals surface area contributed by atoms with Crippen LogP contribution in [0.25, 0.3) is 0 Å². The standard InChI is InChI=1S/C28H23ClF4N2O/c1-36-25-9-5-8-20(12-25)17-35-27(16-19-6-3-2-4-7-19,26-11-10-23(29)18-34-26)21-13-22(28(31,32)33)15-24(30)14-21/h2-15,18,35H,16-17H2,1H3. The molecule has 0 saturated carbocycles. The van der Waals surface area contributed by atoms with Crippen LogP contribution in [0.1, 0.15) is 27.9 Å². The zero-order valence-corrected chi connectivity index (χ0v) is 20.1. The van der Waals surface area contributed by atoms with Crippen LogP contribution in [0.2, 0.25) is 5.02 Å². The van der Waals surface area contributed by atoms with Crippen LogP contribution in [0.5, 0.6) is 5.75 Å². The summed E-state index contributed by atoms with van der Waals surface area (Å²) in [5.74, 6) is -0.355. The molecule has 0 amide bonds. The molecule has 186 valence electrons. The van der Waals surface area contributed by atoms with Crippen LogP contribution in [0, 0.1) is 5.82 Å². The van der Waals surface area contributed by atoms with Crippen LogP contribution in [0.3, 0.4) is 0 Å². The van der Waals surface area contributed by atoms with Gasteiger partial charge in [0.25, 0.3) is 0 Å². The Hall–Kier alpha value is -3.42. The van der Waals surface area contributed by atoms with Crippen molar-refractivity contribution in [3.63, 3.8) is 0 Å². The predicted octanol–water partition coefficient (Wildman–Crippen LogP) is 7.18. The highest BCUT2D eigenvalue weighted by Crippen LogP contribution is 2.38. The lowest BCUT2D eigenvalue weighted by atomic mass is 9.79. The van der Waals surface area contributed by atoms with Gasteiger partial charge in [0.15, 0.2) is 0 Å². The normalized spacial score (nSPS) is 13.3. The van der Waals surface area contributed by atoms with Gasteiger partial charge in [0.2, 0.25) is 0 Å². The summed E-state index contributed by atoms with van der Waals surface area (Å²) < 4.78 is 61.1. The van der Waals surface area contributed by atoms with Gasteiger partial charge in [0.05, 0.1) is 28.9 Å². The van der Waals surface area contributed by atoms with Gasteiger partial charge in [-0.2, -0.15) is 13.2 Å². The maximum Gasteiger partial charge on any atom is 0.416 e. The summed E-state index contributed by atoms with van der Waals surface area (Å²) in [7, 11) is 1.55. The van der Waals surface area contributed by atoms with Gasteiger partial charge < -0.3 is 4.74 Å². The average Bonchev–Trinajstić information content (AvgIpc) is 2.87. The topological polar surface area (TPSA) is 34.1 Å². The van der Waals surface area contributed by atoms with E-state index in [0.717, 1.165) is 23.3 Å². The molecule has 4 aromatic rings. The molecule has 8 heteroatoms. The van der Waals surface area contributed by atoms with E-state index in [0.29, 0.717) is 22.5 Å². The van der Waals surface area contributed by atoms with Crippen molar-refractivity contribution in [2.45, 2.75) is 24.7 Å². The molecule has 0 aliphatic rings. The molecular formula is C28H23ClF4N2O. The third-order valence-corrected chi connectivity index (χ3v) is 6.15. The Labute approximate surface area is 211 Å². The third-order valence-electron chi connectivity index (χ3n) is 5.92. The molecule has 0 radical (unpaired) electrons. The summed E-state index contributed by atoms with van der Waals surface area (Å²) >= 11 is 6.08. The van der Waals surface area contributed by atoms with Crippen LogP contribution in [0.15, 0.2) is 91.1 Å². The number of pyridine rings is 1. The van der Waals surface area contributed by atoms with Gasteiger partial charge in [-0.25, -0.2) is 4.39 Å². The maximum absolute atomic E-state index is 14.7. The summed E-state index contributed by atoms with van der Waals surface area (Å²) in [6.45, 7) is 0.242. The largest absolute Gasteiger partial charge is 0.497 e. The van der Waals surface area contributed by atoms with Crippen LogP contribution >= 0.6 is 11.6 Å². The summed E-state index contributed by atoms with van der Waals surface area (Å²) in [5, 5.41) is 3.78.